The van der Waals surface area contributed by atoms with Crippen molar-refractivity contribution in [3.8, 4) is 0 Å². The van der Waals surface area contributed by atoms with Crippen LogP contribution >= 0.6 is 0 Å². The predicted octanol–water partition coefficient (Wildman–Crippen LogP) is 5.54. The lowest BCUT2D eigenvalue weighted by molar-refractivity contribution is 0.772. The Labute approximate surface area is 196 Å². The number of para-hydroxylation sites is 1. The highest BCUT2D eigenvalue weighted by Gasteiger charge is 2.01. The Hall–Kier alpha value is -2.66. The van der Waals surface area contributed by atoms with Gasteiger partial charge in [0.05, 0.1) is 0 Å². The van der Waals surface area contributed by atoms with Crippen LogP contribution in [0.5, 0.6) is 0 Å². The van der Waals surface area contributed by atoms with Crippen LogP contribution in [0.1, 0.15) is 60.9 Å². The Balaban J connectivity index is 0.000000489. The maximum absolute atomic E-state index is 5.92. The Morgan fingerprint density at radius 3 is 1.38 bits per heavy atom. The van der Waals surface area contributed by atoms with Crippen LogP contribution in [-0.2, 0) is 19.5 Å². The Morgan fingerprint density at radius 1 is 0.594 bits per heavy atom. The van der Waals surface area contributed by atoms with Gasteiger partial charge in [0, 0.05) is 18.8 Å². The molecule has 0 aliphatic heterocycles. The molecule has 0 saturated heterocycles. The van der Waals surface area contributed by atoms with E-state index in [0.717, 1.165) is 23.2 Å². The van der Waals surface area contributed by atoms with Crippen LogP contribution in [0.4, 0.5) is 5.69 Å². The number of nitrogen functional groups attached to an aromatic ring is 1. The summed E-state index contributed by atoms with van der Waals surface area (Å²) in [6.45, 7) is 7.71. The highest BCUT2D eigenvalue weighted by molar-refractivity contribution is 5.49. The molecule has 0 radical (unpaired) electrons. The molecule has 3 aromatic carbocycles. The van der Waals surface area contributed by atoms with E-state index in [1.54, 1.807) is 0 Å². The second kappa shape index (κ2) is 19.1. The predicted molar refractivity (Wildman–Crippen MR) is 142 cm³/mol. The molecular weight excluding hydrogens is 392 g/mol. The first-order valence-electron chi connectivity index (χ1n) is 11.5. The zero-order valence-electron chi connectivity index (χ0n) is 20.5. The molecule has 4 heteroatoms. The van der Waals surface area contributed by atoms with E-state index in [-0.39, 0.29) is 0 Å². The van der Waals surface area contributed by atoms with Crippen LogP contribution in [0.3, 0.4) is 0 Å². The SMILES string of the molecule is CCCCC.CN.Cc1ccccc1Cc1ccccc1N.NCc1ccccc1CN. The molecule has 3 rings (SSSR count). The van der Waals surface area contributed by atoms with Gasteiger partial charge in [0.25, 0.3) is 0 Å². The van der Waals surface area contributed by atoms with E-state index in [4.69, 9.17) is 17.2 Å². The molecule has 176 valence electrons. The van der Waals surface area contributed by atoms with E-state index in [0.29, 0.717) is 13.1 Å². The van der Waals surface area contributed by atoms with Gasteiger partial charge < -0.3 is 22.9 Å². The van der Waals surface area contributed by atoms with Crippen molar-refractivity contribution in [3.63, 3.8) is 0 Å². The van der Waals surface area contributed by atoms with E-state index in [1.807, 2.05) is 42.5 Å². The molecule has 8 N–H and O–H groups in total. The van der Waals surface area contributed by atoms with Crippen LogP contribution in [0.2, 0.25) is 0 Å². The minimum absolute atomic E-state index is 0.577. The molecule has 3 aromatic rings. The van der Waals surface area contributed by atoms with Crippen LogP contribution in [-0.4, -0.2) is 7.05 Å². The summed E-state index contributed by atoms with van der Waals surface area (Å²) in [5.41, 5.74) is 28.4. The second-order valence-electron chi connectivity index (χ2n) is 7.33. The third kappa shape index (κ3) is 11.7. The third-order valence-electron chi connectivity index (χ3n) is 4.96. The number of benzene rings is 3. The lowest BCUT2D eigenvalue weighted by atomic mass is 10.00. The molecule has 32 heavy (non-hydrogen) atoms. The van der Waals surface area contributed by atoms with Crippen molar-refractivity contribution < 1.29 is 0 Å². The maximum Gasteiger partial charge on any atom is 0.0349 e. The molecule has 0 aromatic heterocycles. The summed E-state index contributed by atoms with van der Waals surface area (Å²) in [4.78, 5) is 0. The van der Waals surface area contributed by atoms with Crippen molar-refractivity contribution in [2.75, 3.05) is 12.8 Å². The molecule has 0 amide bonds. The van der Waals surface area contributed by atoms with Gasteiger partial charge in [-0.3, -0.25) is 0 Å². The lowest BCUT2D eigenvalue weighted by Crippen LogP contribution is -2.05. The molecule has 0 atom stereocenters. The molecule has 4 nitrogen and oxygen atoms in total. The van der Waals surface area contributed by atoms with Crippen LogP contribution in [0, 0.1) is 6.92 Å². The fourth-order valence-electron chi connectivity index (χ4n) is 3.02. The Morgan fingerprint density at radius 2 is 1.00 bits per heavy atom. The summed E-state index contributed by atoms with van der Waals surface area (Å²) in [5.74, 6) is 0. The second-order valence-corrected chi connectivity index (χ2v) is 7.33. The van der Waals surface area contributed by atoms with Crippen molar-refractivity contribution in [2.24, 2.45) is 17.2 Å². The van der Waals surface area contributed by atoms with Crippen molar-refractivity contribution >= 4 is 5.69 Å². The molecule has 0 spiro atoms. The minimum atomic E-state index is 0.577. The van der Waals surface area contributed by atoms with E-state index >= 15 is 0 Å². The number of unbranched alkanes of at least 4 members (excludes halogenated alkanes) is 2. The molecule has 0 fully saturated rings. The summed E-state index contributed by atoms with van der Waals surface area (Å²) in [5, 5.41) is 0. The highest BCUT2D eigenvalue weighted by Crippen LogP contribution is 2.18. The summed E-state index contributed by atoms with van der Waals surface area (Å²) in [7, 11) is 1.50. The van der Waals surface area contributed by atoms with Crippen molar-refractivity contribution in [1.29, 1.82) is 0 Å². The van der Waals surface area contributed by atoms with Gasteiger partial charge in [-0.25, -0.2) is 0 Å². The molecule has 0 heterocycles. The van der Waals surface area contributed by atoms with Crippen molar-refractivity contribution in [1.82, 2.24) is 0 Å². The summed E-state index contributed by atoms with van der Waals surface area (Å²) in [6.07, 6.45) is 4.99. The number of anilines is 1. The number of aryl methyl sites for hydroxylation is 1. The first-order chi connectivity index (χ1) is 15.6. The topological polar surface area (TPSA) is 104 Å². The quantitative estimate of drug-likeness (QED) is 0.381. The molecule has 0 saturated carbocycles. The number of hydrogen-bond donors (Lipinski definition) is 4. The molecule has 0 unspecified atom stereocenters. The first kappa shape index (κ1) is 29.3. The van der Waals surface area contributed by atoms with Crippen molar-refractivity contribution in [3.05, 3.63) is 101 Å². The normalized spacial score (nSPS) is 9.34. The van der Waals surface area contributed by atoms with Gasteiger partial charge in [-0.2, -0.15) is 0 Å². The third-order valence-corrected chi connectivity index (χ3v) is 4.96. The Bertz CT molecular complexity index is 778. The molecule has 0 aliphatic rings. The fourth-order valence-corrected chi connectivity index (χ4v) is 3.02. The van der Waals surface area contributed by atoms with E-state index in [2.05, 4.69) is 56.8 Å². The van der Waals surface area contributed by atoms with Gasteiger partial charge in [0.1, 0.15) is 0 Å². The Kier molecular flexibility index (Phi) is 17.5. The zero-order chi connectivity index (χ0) is 24.2. The largest absolute Gasteiger partial charge is 0.398 e. The number of rotatable bonds is 6. The van der Waals surface area contributed by atoms with Gasteiger partial charge in [-0.1, -0.05) is 99.8 Å². The van der Waals surface area contributed by atoms with Gasteiger partial charge in [0.2, 0.25) is 0 Å². The number of nitrogens with two attached hydrogens (primary N) is 4. The summed E-state index contributed by atoms with van der Waals surface area (Å²) < 4.78 is 0. The van der Waals surface area contributed by atoms with E-state index < -0.39 is 0 Å². The van der Waals surface area contributed by atoms with Crippen LogP contribution in [0.15, 0.2) is 72.8 Å². The van der Waals surface area contributed by atoms with Gasteiger partial charge in [-0.05, 0) is 54.3 Å². The average Bonchev–Trinajstić information content (AvgIpc) is 2.84. The van der Waals surface area contributed by atoms with Gasteiger partial charge >= 0.3 is 0 Å². The fraction of sp³-hybridized carbons (Fsp3) is 0.357. The maximum atomic E-state index is 5.92. The smallest absolute Gasteiger partial charge is 0.0349 e. The average molecular weight is 437 g/mol. The minimum Gasteiger partial charge on any atom is -0.398 e. The number of hydrogen-bond acceptors (Lipinski definition) is 4. The zero-order valence-corrected chi connectivity index (χ0v) is 20.5. The standard InChI is InChI=1S/C14H15N.C8H12N2.C5H12.CH5N/c1-11-6-2-3-7-12(11)10-13-8-4-5-9-14(13)15;9-5-7-3-1-2-4-8(7)6-10;1-3-5-4-2;1-2/h2-9H,10,15H2,1H3;1-4H,5-6,9-10H2;3-5H2,1-2H3;2H2,1H3. The molecular formula is C28H44N4. The van der Waals surface area contributed by atoms with E-state index in [1.165, 1.54) is 43.0 Å². The lowest BCUT2D eigenvalue weighted by Gasteiger charge is -2.07. The van der Waals surface area contributed by atoms with Gasteiger partial charge in [0.15, 0.2) is 0 Å². The molecule has 0 aliphatic carbocycles. The van der Waals surface area contributed by atoms with Crippen LogP contribution in [0.25, 0.3) is 0 Å². The van der Waals surface area contributed by atoms with Crippen molar-refractivity contribution in [2.45, 2.75) is 59.5 Å². The summed E-state index contributed by atoms with van der Waals surface area (Å²) in [6, 6.07) is 24.4. The van der Waals surface area contributed by atoms with Gasteiger partial charge in [-0.15, -0.1) is 0 Å². The summed E-state index contributed by atoms with van der Waals surface area (Å²) >= 11 is 0. The highest BCUT2D eigenvalue weighted by atomic mass is 14.6. The van der Waals surface area contributed by atoms with E-state index in [9.17, 15) is 0 Å². The van der Waals surface area contributed by atoms with Crippen LogP contribution < -0.4 is 22.9 Å². The first-order valence-corrected chi connectivity index (χ1v) is 11.5. The monoisotopic (exact) mass is 436 g/mol. The molecule has 0 bridgehead atoms.